The molecule has 0 aliphatic carbocycles. The van der Waals surface area contributed by atoms with Crippen LogP contribution in [0, 0.1) is 11.6 Å². The number of halogens is 3. The third-order valence-corrected chi connectivity index (χ3v) is 12.0. The van der Waals surface area contributed by atoms with E-state index in [1.807, 2.05) is 43.3 Å². The Morgan fingerprint density at radius 1 is 1.05 bits per heavy atom. The van der Waals surface area contributed by atoms with Crippen molar-refractivity contribution in [2.24, 2.45) is 12.8 Å². The fraction of sp³-hybridized carbons (Fsp3) is 0.333. The van der Waals surface area contributed by atoms with Gasteiger partial charge in [0.1, 0.15) is 17.8 Å². The van der Waals surface area contributed by atoms with Gasteiger partial charge in [0.15, 0.2) is 23.0 Å². The van der Waals surface area contributed by atoms with Crippen LogP contribution in [-0.4, -0.2) is 83.2 Å². The largest absolute Gasteiger partial charge is 0.494 e. The predicted octanol–water partition coefficient (Wildman–Crippen LogP) is 5.80. The molecule has 0 saturated carbocycles. The molecule has 1 aromatic heterocycles. The number of likely N-dealkylation sites (tertiary alicyclic amines) is 1. The molecule has 0 spiro atoms. The number of para-hydroxylation sites is 1. The molecule has 3 unspecified atom stereocenters. The molecule has 4 aromatic carbocycles. The average molecular weight is 814 g/mol. The van der Waals surface area contributed by atoms with Crippen LogP contribution in [0.15, 0.2) is 66.7 Å². The van der Waals surface area contributed by atoms with Gasteiger partial charge < -0.3 is 35.8 Å². The van der Waals surface area contributed by atoms with Crippen LogP contribution in [0.3, 0.4) is 0 Å². The average Bonchev–Trinajstić information content (AvgIpc) is 3.70. The van der Waals surface area contributed by atoms with Crippen LogP contribution in [0.4, 0.5) is 19.4 Å². The number of primary amides is 1. The van der Waals surface area contributed by atoms with Crippen LogP contribution in [0.25, 0.3) is 22.0 Å². The predicted molar refractivity (Wildman–Crippen MR) is 213 cm³/mol. The second-order valence-corrected chi connectivity index (χ2v) is 15.3. The number of amides is 4. The first-order valence-electron chi connectivity index (χ1n) is 19.0. The first-order valence-corrected chi connectivity index (χ1v) is 19.4. The van der Waals surface area contributed by atoms with Gasteiger partial charge in [-0.1, -0.05) is 54.9 Å². The van der Waals surface area contributed by atoms with Gasteiger partial charge in [-0.25, -0.2) is 13.6 Å². The summed E-state index contributed by atoms with van der Waals surface area (Å²) < 4.78 is 45.5. The van der Waals surface area contributed by atoms with Crippen LogP contribution < -0.4 is 30.7 Å². The maximum Gasteiger partial charge on any atom is 0.325 e. The Labute approximate surface area is 337 Å². The quantitative estimate of drug-likeness (QED) is 0.145. The summed E-state index contributed by atoms with van der Waals surface area (Å²) in [6.07, 6.45) is 0.644. The van der Waals surface area contributed by atoms with Gasteiger partial charge in [0.25, 0.3) is 5.91 Å². The van der Waals surface area contributed by atoms with E-state index in [1.165, 1.54) is 30.2 Å². The van der Waals surface area contributed by atoms with Crippen molar-refractivity contribution >= 4 is 46.2 Å². The van der Waals surface area contributed by atoms with Crippen LogP contribution in [0.5, 0.6) is 11.5 Å². The fourth-order valence-electron chi connectivity index (χ4n) is 8.67. The highest BCUT2D eigenvalue weighted by molar-refractivity contribution is 6.34. The molecule has 3 aliphatic rings. The van der Waals surface area contributed by atoms with Gasteiger partial charge in [-0.15, -0.1) is 0 Å². The number of urea groups is 1. The second kappa shape index (κ2) is 15.2. The Morgan fingerprint density at radius 3 is 2.48 bits per heavy atom. The van der Waals surface area contributed by atoms with Gasteiger partial charge in [-0.05, 0) is 42.7 Å². The Bertz CT molecular complexity index is 2460. The number of fused-ring (bicyclic) bond motifs is 2. The highest BCUT2D eigenvalue weighted by Gasteiger charge is 2.50. The zero-order valence-corrected chi connectivity index (χ0v) is 32.8. The fourth-order valence-corrected chi connectivity index (χ4v) is 8.92. The molecule has 58 heavy (non-hydrogen) atoms. The smallest absolute Gasteiger partial charge is 0.325 e. The zero-order chi connectivity index (χ0) is 41.0. The number of aryl methyl sites for hydroxylation is 1. The Balaban J connectivity index is 1.05. The Morgan fingerprint density at radius 2 is 1.79 bits per heavy atom. The first-order chi connectivity index (χ1) is 27.8. The lowest BCUT2D eigenvalue weighted by Gasteiger charge is -2.38. The maximum absolute atomic E-state index is 16.2. The number of aromatic nitrogens is 2. The molecule has 3 atom stereocenters. The summed E-state index contributed by atoms with van der Waals surface area (Å²) in [6, 6.07) is 18.1. The number of methoxy groups -OCH3 is 1. The van der Waals surface area contributed by atoms with Crippen LogP contribution in [0.1, 0.15) is 63.9 Å². The van der Waals surface area contributed by atoms with Gasteiger partial charge in [0, 0.05) is 79.8 Å². The number of nitrogens with zero attached hydrogens (tertiary/aromatic N) is 4. The lowest BCUT2D eigenvalue weighted by Crippen LogP contribution is -2.52. The molecule has 2 fully saturated rings. The number of ether oxygens (including phenoxy) is 2. The van der Waals surface area contributed by atoms with Gasteiger partial charge in [-0.3, -0.25) is 19.2 Å². The summed E-state index contributed by atoms with van der Waals surface area (Å²) in [7, 11) is 3.02. The molecule has 0 radical (unpaired) electrons. The molecule has 2 saturated heterocycles. The van der Waals surface area contributed by atoms with Crippen molar-refractivity contribution in [1.29, 1.82) is 0 Å². The number of benzene rings is 4. The van der Waals surface area contributed by atoms with E-state index >= 15 is 8.78 Å². The van der Waals surface area contributed by atoms with E-state index in [1.54, 1.807) is 28.8 Å². The van der Waals surface area contributed by atoms with Crippen molar-refractivity contribution in [1.82, 2.24) is 25.3 Å². The molecule has 13 nitrogen and oxygen atoms in total. The molecule has 302 valence electrons. The van der Waals surface area contributed by atoms with E-state index in [-0.39, 0.29) is 58.3 Å². The summed E-state index contributed by atoms with van der Waals surface area (Å²) in [5.41, 5.74) is 6.35. The number of hydrogen-bond donors (Lipinski definition) is 4. The highest BCUT2D eigenvalue weighted by Crippen LogP contribution is 2.56. The van der Waals surface area contributed by atoms with Crippen molar-refractivity contribution in [3.63, 3.8) is 0 Å². The molecule has 16 heteroatoms. The summed E-state index contributed by atoms with van der Waals surface area (Å²) >= 11 is 6.66. The van der Waals surface area contributed by atoms with Crippen molar-refractivity contribution in [3.05, 3.63) is 106 Å². The summed E-state index contributed by atoms with van der Waals surface area (Å²) in [5, 5.41) is 20.9. The van der Waals surface area contributed by atoms with Crippen LogP contribution >= 0.6 is 11.6 Å². The van der Waals surface area contributed by atoms with E-state index in [0.717, 1.165) is 5.56 Å². The van der Waals surface area contributed by atoms with E-state index in [0.29, 0.717) is 60.2 Å². The number of carbonyl (C=O) groups excluding carboxylic acids is 3. The van der Waals surface area contributed by atoms with Crippen molar-refractivity contribution < 1.29 is 37.7 Å². The minimum absolute atomic E-state index is 0.0340. The summed E-state index contributed by atoms with van der Waals surface area (Å²) in [4.78, 5) is 42.7. The number of nitrogens with two attached hydrogens (primary N) is 1. The molecule has 4 amide bonds. The third kappa shape index (κ3) is 6.46. The zero-order valence-electron chi connectivity index (χ0n) is 32.0. The van der Waals surface area contributed by atoms with E-state index in [4.69, 9.17) is 26.8 Å². The highest BCUT2D eigenvalue weighted by atomic mass is 35.5. The molecular formula is C42H42ClF2N7O6. The number of anilines is 1. The normalized spacial score (nSPS) is 20.8. The van der Waals surface area contributed by atoms with E-state index in [2.05, 4.69) is 15.7 Å². The van der Waals surface area contributed by atoms with Gasteiger partial charge in [0.2, 0.25) is 5.91 Å². The first kappa shape index (κ1) is 39.1. The van der Waals surface area contributed by atoms with E-state index < -0.39 is 41.3 Å². The molecule has 3 aliphatic heterocycles. The lowest BCUT2D eigenvalue weighted by molar-refractivity contribution is 0.0575. The maximum atomic E-state index is 16.2. The van der Waals surface area contributed by atoms with Crippen LogP contribution in [0.2, 0.25) is 5.02 Å². The molecule has 8 rings (SSSR count). The van der Waals surface area contributed by atoms with Crippen LogP contribution in [-0.2, 0) is 12.6 Å². The SMILES string of the molecule is COc1ccc(C(N)=O)c(-c2c(Cl)c(F)cc3c2C(C)C(CNC2CCN(C(=O)c4cccc5c(N6CCC(O)NC6=O)nn(C)c45)CC2)(c2ccccc2)O3)c1F. The molecule has 5 aromatic rings. The number of carbonyl (C=O) groups is 3. The van der Waals surface area contributed by atoms with E-state index in [9.17, 15) is 19.5 Å². The minimum Gasteiger partial charge on any atom is -0.494 e. The third-order valence-electron chi connectivity index (χ3n) is 11.7. The monoisotopic (exact) mass is 813 g/mol. The van der Waals surface area contributed by atoms with Gasteiger partial charge >= 0.3 is 6.03 Å². The van der Waals surface area contributed by atoms with Crippen molar-refractivity contribution in [2.45, 2.75) is 50.0 Å². The lowest BCUT2D eigenvalue weighted by atomic mass is 9.77. The molecular weight excluding hydrogens is 772 g/mol. The Hall–Kier alpha value is -5.77. The number of hydrogen-bond acceptors (Lipinski definition) is 8. The van der Waals surface area contributed by atoms with Gasteiger partial charge in [0.05, 0.1) is 28.8 Å². The molecule has 5 N–H and O–H groups in total. The number of aliphatic hydroxyl groups excluding tert-OH is 1. The molecule has 0 bridgehead atoms. The Kier molecular flexibility index (Phi) is 10.2. The number of aliphatic hydroxyl groups is 1. The van der Waals surface area contributed by atoms with Crippen molar-refractivity contribution in [2.75, 3.05) is 38.2 Å². The van der Waals surface area contributed by atoms with Crippen molar-refractivity contribution in [3.8, 4) is 22.6 Å². The minimum atomic E-state index is -1.12. The molecule has 4 heterocycles. The topological polar surface area (TPSA) is 164 Å². The summed E-state index contributed by atoms with van der Waals surface area (Å²) in [5.74, 6) is -3.01. The second-order valence-electron chi connectivity index (χ2n) is 14.9. The summed E-state index contributed by atoms with van der Waals surface area (Å²) in [6.45, 7) is 3.34. The number of rotatable bonds is 9. The van der Waals surface area contributed by atoms with Gasteiger partial charge in [-0.2, -0.15) is 5.10 Å². The number of nitrogens with one attached hydrogen (secondary N) is 2. The standard InChI is InChI=1S/C42H42ClF2N7O6/c1-22-32-30(20-28(44)35(43)34(32)33-25(38(46)54)12-13-29(57-3)36(33)45)58-42(22,23-8-5-4-6-9-23)21-47-24-14-17-51(18-15-24)40(55)27-11-7-10-26-37(27)50(2)49-39(26)52-19-16-31(53)48-41(52)56/h4-13,20,22,24,31,47,53H,14-19,21H2,1-3H3,(H2,46,54)(H,48,56). The number of piperidine rings is 1.